The molecule has 0 spiro atoms. The van der Waals surface area contributed by atoms with E-state index in [-0.39, 0.29) is 0 Å². The maximum atomic E-state index is 13.5. The van der Waals surface area contributed by atoms with Crippen LogP contribution in [0.5, 0.6) is 0 Å². The van der Waals surface area contributed by atoms with Gasteiger partial charge in [-0.3, -0.25) is 0 Å². The van der Waals surface area contributed by atoms with E-state index >= 15 is 0 Å². The number of hydrogen-bond donors (Lipinski definition) is 0. The molecule has 0 N–H and O–H groups in total. The molecule has 2 heterocycles. The SMILES string of the molecule is Cc1cc(C(F)(F)Cl)n2ncc(-c3ccc(Cl)cc3)c2n1. The van der Waals surface area contributed by atoms with E-state index in [0.29, 0.717) is 21.9 Å². The van der Waals surface area contributed by atoms with Crippen molar-refractivity contribution in [1.29, 1.82) is 0 Å². The molecule has 0 unspecified atom stereocenters. The zero-order chi connectivity index (χ0) is 15.2. The van der Waals surface area contributed by atoms with Gasteiger partial charge in [0.15, 0.2) is 5.65 Å². The predicted octanol–water partition coefficient (Wildman–Crippen LogP) is 4.65. The van der Waals surface area contributed by atoms with Crippen molar-refractivity contribution in [3.8, 4) is 11.1 Å². The van der Waals surface area contributed by atoms with Gasteiger partial charge in [-0.2, -0.15) is 13.9 Å². The van der Waals surface area contributed by atoms with Crippen LogP contribution < -0.4 is 0 Å². The highest BCUT2D eigenvalue weighted by Crippen LogP contribution is 2.34. The molecule has 108 valence electrons. The molecule has 0 aliphatic heterocycles. The summed E-state index contributed by atoms with van der Waals surface area (Å²) >= 11 is 11.0. The van der Waals surface area contributed by atoms with E-state index in [2.05, 4.69) is 10.1 Å². The molecule has 0 aliphatic rings. The molecular formula is C14H9Cl2F2N3. The largest absolute Gasteiger partial charge is 0.364 e. The van der Waals surface area contributed by atoms with Gasteiger partial charge in [-0.1, -0.05) is 23.7 Å². The lowest BCUT2D eigenvalue weighted by Crippen LogP contribution is -2.12. The predicted molar refractivity (Wildman–Crippen MR) is 77.9 cm³/mol. The minimum Gasteiger partial charge on any atom is -0.233 e. The van der Waals surface area contributed by atoms with E-state index in [9.17, 15) is 8.78 Å². The smallest absolute Gasteiger partial charge is 0.233 e. The van der Waals surface area contributed by atoms with Crippen molar-refractivity contribution in [3.63, 3.8) is 0 Å². The number of hydrogen-bond acceptors (Lipinski definition) is 2. The Kier molecular flexibility index (Phi) is 3.34. The molecule has 0 bridgehead atoms. The highest BCUT2D eigenvalue weighted by Gasteiger charge is 2.32. The highest BCUT2D eigenvalue weighted by atomic mass is 35.5. The average molecular weight is 328 g/mol. The fourth-order valence-electron chi connectivity index (χ4n) is 2.12. The van der Waals surface area contributed by atoms with Gasteiger partial charge in [0.2, 0.25) is 0 Å². The van der Waals surface area contributed by atoms with Crippen LogP contribution in [0.25, 0.3) is 16.8 Å². The first-order valence-electron chi connectivity index (χ1n) is 6.05. The fraction of sp³-hybridized carbons (Fsp3) is 0.143. The maximum absolute atomic E-state index is 13.5. The van der Waals surface area contributed by atoms with Crippen LogP contribution in [0.2, 0.25) is 5.02 Å². The van der Waals surface area contributed by atoms with Crippen LogP contribution in [0.3, 0.4) is 0 Å². The first-order valence-corrected chi connectivity index (χ1v) is 6.80. The topological polar surface area (TPSA) is 30.2 Å². The fourth-order valence-corrected chi connectivity index (χ4v) is 2.38. The number of alkyl halides is 3. The van der Waals surface area contributed by atoms with Crippen molar-refractivity contribution in [3.05, 3.63) is 52.9 Å². The third kappa shape index (κ3) is 2.59. The summed E-state index contributed by atoms with van der Waals surface area (Å²) in [4.78, 5) is 4.28. The van der Waals surface area contributed by atoms with Crippen LogP contribution in [-0.2, 0) is 5.38 Å². The van der Waals surface area contributed by atoms with Gasteiger partial charge in [0.05, 0.1) is 6.20 Å². The minimum atomic E-state index is -3.52. The van der Waals surface area contributed by atoms with E-state index in [0.717, 1.165) is 10.1 Å². The average Bonchev–Trinajstić information content (AvgIpc) is 2.81. The van der Waals surface area contributed by atoms with Crippen LogP contribution in [0, 0.1) is 6.92 Å². The van der Waals surface area contributed by atoms with Crippen LogP contribution >= 0.6 is 23.2 Å². The second-order valence-electron chi connectivity index (χ2n) is 4.58. The summed E-state index contributed by atoms with van der Waals surface area (Å²) in [5.74, 6) is 0. The Balaban J connectivity index is 2.27. The van der Waals surface area contributed by atoms with Crippen molar-refractivity contribution in [2.75, 3.05) is 0 Å². The Morgan fingerprint density at radius 2 is 1.86 bits per heavy atom. The van der Waals surface area contributed by atoms with Gasteiger partial charge in [-0.05, 0) is 42.3 Å². The number of rotatable bonds is 2. The molecule has 0 fully saturated rings. The van der Waals surface area contributed by atoms with Gasteiger partial charge in [0.25, 0.3) is 0 Å². The van der Waals surface area contributed by atoms with Gasteiger partial charge in [-0.15, -0.1) is 0 Å². The molecule has 1 aromatic carbocycles. The molecule has 3 rings (SSSR count). The number of fused-ring (bicyclic) bond motifs is 1. The Bertz CT molecular complexity index is 807. The standard InChI is InChI=1S/C14H9Cl2F2N3/c1-8-6-12(14(16,17)18)21-13(20-8)11(7-19-21)9-2-4-10(15)5-3-9/h2-7H,1H3. The van der Waals surface area contributed by atoms with E-state index in [1.165, 1.54) is 12.3 Å². The number of aryl methyl sites for hydroxylation is 1. The summed E-state index contributed by atoms with van der Waals surface area (Å²) in [5, 5.41) is 1.05. The molecule has 7 heteroatoms. The summed E-state index contributed by atoms with van der Waals surface area (Å²) in [6, 6.07) is 8.21. The van der Waals surface area contributed by atoms with E-state index in [4.69, 9.17) is 23.2 Å². The molecule has 0 radical (unpaired) electrons. The normalized spacial score (nSPS) is 12.0. The van der Waals surface area contributed by atoms with Gasteiger partial charge >= 0.3 is 5.38 Å². The van der Waals surface area contributed by atoms with Crippen molar-refractivity contribution >= 4 is 28.8 Å². The van der Waals surface area contributed by atoms with E-state index in [1.54, 1.807) is 31.2 Å². The van der Waals surface area contributed by atoms with Crippen molar-refractivity contribution in [2.24, 2.45) is 0 Å². The molecule has 21 heavy (non-hydrogen) atoms. The van der Waals surface area contributed by atoms with Gasteiger partial charge in [-0.25, -0.2) is 9.50 Å². The monoisotopic (exact) mass is 327 g/mol. The maximum Gasteiger partial charge on any atom is 0.364 e. The third-order valence-corrected chi connectivity index (χ3v) is 3.49. The van der Waals surface area contributed by atoms with Crippen molar-refractivity contribution in [2.45, 2.75) is 12.3 Å². The summed E-state index contributed by atoms with van der Waals surface area (Å²) in [7, 11) is 0. The summed E-state index contributed by atoms with van der Waals surface area (Å²) < 4.78 is 28.0. The van der Waals surface area contributed by atoms with Gasteiger partial charge < -0.3 is 0 Å². The zero-order valence-corrected chi connectivity index (χ0v) is 12.3. The Morgan fingerprint density at radius 1 is 1.19 bits per heavy atom. The quantitative estimate of drug-likeness (QED) is 0.641. The zero-order valence-electron chi connectivity index (χ0n) is 10.8. The van der Waals surface area contributed by atoms with Gasteiger partial charge in [0, 0.05) is 16.3 Å². The number of nitrogens with zero attached hydrogens (tertiary/aromatic N) is 3. The molecular weight excluding hydrogens is 319 g/mol. The first-order chi connectivity index (χ1) is 9.86. The first kappa shape index (κ1) is 14.2. The van der Waals surface area contributed by atoms with Crippen LogP contribution in [0.15, 0.2) is 36.5 Å². The Morgan fingerprint density at radius 3 is 2.48 bits per heavy atom. The van der Waals surface area contributed by atoms with Crippen LogP contribution in [0.4, 0.5) is 8.78 Å². The lowest BCUT2D eigenvalue weighted by molar-refractivity contribution is 0.0871. The van der Waals surface area contributed by atoms with Crippen LogP contribution in [0.1, 0.15) is 11.4 Å². The Labute approximate surface area is 129 Å². The second-order valence-corrected chi connectivity index (χ2v) is 5.49. The van der Waals surface area contributed by atoms with E-state index < -0.39 is 11.1 Å². The molecule has 0 amide bonds. The second kappa shape index (κ2) is 4.93. The summed E-state index contributed by atoms with van der Waals surface area (Å²) in [6.45, 7) is 1.63. The molecule has 0 aliphatic carbocycles. The number of halogens is 4. The molecule has 3 aromatic rings. The lowest BCUT2D eigenvalue weighted by atomic mass is 10.1. The molecule has 2 aromatic heterocycles. The molecule has 0 saturated carbocycles. The number of aromatic nitrogens is 3. The van der Waals surface area contributed by atoms with Crippen LogP contribution in [-0.4, -0.2) is 14.6 Å². The minimum absolute atomic E-state index is 0.327. The molecule has 0 saturated heterocycles. The lowest BCUT2D eigenvalue weighted by Gasteiger charge is -2.11. The number of benzene rings is 1. The van der Waals surface area contributed by atoms with E-state index in [1.807, 2.05) is 0 Å². The molecule has 0 atom stereocenters. The highest BCUT2D eigenvalue weighted by molar-refractivity contribution is 6.30. The van der Waals surface area contributed by atoms with Crippen molar-refractivity contribution < 1.29 is 8.78 Å². The summed E-state index contributed by atoms with van der Waals surface area (Å²) in [5.41, 5.74) is 1.78. The van der Waals surface area contributed by atoms with Crippen molar-refractivity contribution in [1.82, 2.24) is 14.6 Å². The third-order valence-electron chi connectivity index (χ3n) is 3.05. The summed E-state index contributed by atoms with van der Waals surface area (Å²) in [6.07, 6.45) is 1.48. The van der Waals surface area contributed by atoms with Gasteiger partial charge in [0.1, 0.15) is 5.69 Å². The molecule has 3 nitrogen and oxygen atoms in total. The Hall–Kier alpha value is -1.72.